The van der Waals surface area contributed by atoms with Gasteiger partial charge in [0, 0.05) is 14.4 Å². The molecule has 6 nitrogen and oxygen atoms in total. The number of ether oxygens (including phenoxy) is 3. The molecule has 9 unspecified atom stereocenters. The molecule has 11 atom stereocenters. The number of carbonyl (C=O) groups is 1. The Kier molecular flexibility index (Phi) is 6.16. The van der Waals surface area contributed by atoms with Gasteiger partial charge in [0.2, 0.25) is 5.91 Å². The van der Waals surface area contributed by atoms with Gasteiger partial charge in [-0.25, -0.2) is 0 Å². The van der Waals surface area contributed by atoms with Crippen LogP contribution in [0.3, 0.4) is 0 Å². The van der Waals surface area contributed by atoms with E-state index in [1.165, 1.54) is 64.2 Å². The smallest absolute Gasteiger partial charge is 0.223 e. The fourth-order valence-electron chi connectivity index (χ4n) is 12.5. The molecule has 0 aromatic carbocycles. The van der Waals surface area contributed by atoms with Crippen molar-refractivity contribution in [3.05, 3.63) is 0 Å². The number of aliphatic hydroxyl groups is 1. The second kappa shape index (κ2) is 9.16. The molecule has 6 aliphatic carbocycles. The number of aliphatic hydroxyl groups excluding tert-OH is 1. The zero-order valence-corrected chi connectivity index (χ0v) is 25.2. The lowest BCUT2D eigenvalue weighted by molar-refractivity contribution is -0.244. The second-order valence-corrected chi connectivity index (χ2v) is 16.5. The lowest BCUT2D eigenvalue weighted by Crippen LogP contribution is -2.56. The first kappa shape index (κ1) is 26.9. The minimum Gasteiger partial charge on any atom is -0.394 e. The molecule has 8 aliphatic rings. The Morgan fingerprint density at radius 2 is 1.80 bits per heavy atom. The van der Waals surface area contributed by atoms with Crippen LogP contribution in [0.4, 0.5) is 0 Å². The summed E-state index contributed by atoms with van der Waals surface area (Å²) in [6.45, 7) is 9.70. The van der Waals surface area contributed by atoms with Gasteiger partial charge in [0.1, 0.15) is 0 Å². The second-order valence-electron chi connectivity index (χ2n) is 16.5. The van der Waals surface area contributed by atoms with Crippen molar-refractivity contribution in [2.45, 2.75) is 129 Å². The van der Waals surface area contributed by atoms with E-state index in [-0.39, 0.29) is 31.9 Å². The number of amides is 1. The van der Waals surface area contributed by atoms with Gasteiger partial charge >= 0.3 is 0 Å². The molecular weight excluding hydrogens is 502 g/mol. The largest absolute Gasteiger partial charge is 0.394 e. The van der Waals surface area contributed by atoms with Crippen molar-refractivity contribution >= 4 is 5.91 Å². The van der Waals surface area contributed by atoms with E-state index < -0.39 is 0 Å². The standard InChI is InChI=1S/C34H53NO5.H2/c1-31(2)27-9-8-23-25-17-26-24(7-6-22(19-36)39-26)32(25,3)12-13-33(23)20-34(27,33)11-10-28(31)40-30-18-35(14-15-38-30)29(37)16-21-4-5-21;/h21-28,30,36H,4-20H2,1-3H3;1H/t22?,23?,24?,25?,26?,27?,28-,30?,32?,33-,34?;/m0./s1. The van der Waals surface area contributed by atoms with Crippen LogP contribution in [0.15, 0.2) is 0 Å². The zero-order valence-electron chi connectivity index (χ0n) is 25.2. The highest BCUT2D eigenvalue weighted by Crippen LogP contribution is 2.87. The van der Waals surface area contributed by atoms with Gasteiger partial charge in [-0.2, -0.15) is 0 Å². The number of morpholine rings is 1. The summed E-state index contributed by atoms with van der Waals surface area (Å²) in [6, 6.07) is 0. The SMILES string of the molecule is CC12CC[C@@]34CC35CC[C@H](OC3CN(C(=O)CC6CC6)CCO3)C(C)(C)C5CCC4C1CC1OC(CO)CCC12.[HH]. The van der Waals surface area contributed by atoms with E-state index in [9.17, 15) is 9.90 Å². The van der Waals surface area contributed by atoms with E-state index in [1.54, 1.807) is 0 Å². The number of fused-ring (bicyclic) bond motifs is 4. The summed E-state index contributed by atoms with van der Waals surface area (Å²) >= 11 is 0. The van der Waals surface area contributed by atoms with Crippen molar-refractivity contribution < 1.29 is 25.5 Å². The van der Waals surface area contributed by atoms with E-state index >= 15 is 0 Å². The highest BCUT2D eigenvalue weighted by Gasteiger charge is 2.80. The van der Waals surface area contributed by atoms with Crippen LogP contribution in [-0.4, -0.2) is 66.8 Å². The van der Waals surface area contributed by atoms with Crippen molar-refractivity contribution in [3.63, 3.8) is 0 Å². The van der Waals surface area contributed by atoms with Crippen LogP contribution in [0.1, 0.15) is 106 Å². The van der Waals surface area contributed by atoms with Gasteiger partial charge in [-0.1, -0.05) is 20.8 Å². The molecule has 2 spiro atoms. The average molecular weight is 558 g/mol. The predicted molar refractivity (Wildman–Crippen MR) is 153 cm³/mol. The molecule has 1 N–H and O–H groups in total. The number of carbonyl (C=O) groups excluding carboxylic acids is 1. The van der Waals surface area contributed by atoms with E-state index in [1.807, 2.05) is 4.90 Å². The molecule has 8 rings (SSSR count). The summed E-state index contributed by atoms with van der Waals surface area (Å²) in [5.74, 6) is 3.98. The Morgan fingerprint density at radius 1 is 0.975 bits per heavy atom. The number of nitrogens with zero attached hydrogens (tertiary/aromatic N) is 1. The van der Waals surface area contributed by atoms with Crippen LogP contribution >= 0.6 is 0 Å². The van der Waals surface area contributed by atoms with Gasteiger partial charge in [0.15, 0.2) is 6.29 Å². The van der Waals surface area contributed by atoms with E-state index in [0.29, 0.717) is 72.1 Å². The molecule has 226 valence electrons. The lowest BCUT2D eigenvalue weighted by atomic mass is 9.46. The Hall–Kier alpha value is -0.690. The quantitative estimate of drug-likeness (QED) is 0.463. The normalized spacial score (nSPS) is 52.5. The molecule has 0 bridgehead atoms. The molecule has 40 heavy (non-hydrogen) atoms. The van der Waals surface area contributed by atoms with Crippen LogP contribution in [0.25, 0.3) is 0 Å². The maximum Gasteiger partial charge on any atom is 0.223 e. The van der Waals surface area contributed by atoms with E-state index in [0.717, 1.165) is 24.7 Å². The summed E-state index contributed by atoms with van der Waals surface area (Å²) in [5.41, 5.74) is 1.59. The van der Waals surface area contributed by atoms with Gasteiger partial charge in [0.25, 0.3) is 0 Å². The maximum absolute atomic E-state index is 12.8. The minimum absolute atomic E-state index is 0. The van der Waals surface area contributed by atoms with Crippen LogP contribution in [0, 0.1) is 51.2 Å². The highest BCUT2D eigenvalue weighted by molar-refractivity contribution is 5.76. The fourth-order valence-corrected chi connectivity index (χ4v) is 12.5. The average Bonchev–Trinajstić information content (AvgIpc) is 3.85. The molecule has 1 amide bonds. The lowest BCUT2D eigenvalue weighted by Gasteiger charge is -2.60. The monoisotopic (exact) mass is 557 g/mol. The topological polar surface area (TPSA) is 68.2 Å². The number of hydrogen-bond acceptors (Lipinski definition) is 5. The summed E-state index contributed by atoms with van der Waals surface area (Å²) < 4.78 is 19.4. The van der Waals surface area contributed by atoms with Crippen molar-refractivity contribution in [1.82, 2.24) is 4.90 Å². The third kappa shape index (κ3) is 3.76. The third-order valence-electron chi connectivity index (χ3n) is 14.7. The maximum atomic E-state index is 12.8. The molecule has 0 aromatic rings. The molecule has 6 saturated carbocycles. The Labute approximate surface area is 242 Å². The van der Waals surface area contributed by atoms with Crippen LogP contribution in [0.5, 0.6) is 0 Å². The van der Waals surface area contributed by atoms with Crippen molar-refractivity contribution in [2.75, 3.05) is 26.3 Å². The van der Waals surface area contributed by atoms with Crippen molar-refractivity contribution in [1.29, 1.82) is 0 Å². The molecule has 8 fully saturated rings. The van der Waals surface area contributed by atoms with Gasteiger partial charge in [-0.05, 0) is 128 Å². The van der Waals surface area contributed by atoms with Gasteiger partial charge in [0.05, 0.1) is 38.1 Å². The number of rotatable bonds is 5. The summed E-state index contributed by atoms with van der Waals surface area (Å²) in [4.78, 5) is 14.8. The van der Waals surface area contributed by atoms with Crippen molar-refractivity contribution in [2.24, 2.45) is 51.2 Å². The van der Waals surface area contributed by atoms with Gasteiger partial charge in [-0.15, -0.1) is 0 Å². The first-order valence-corrected chi connectivity index (χ1v) is 17.0. The van der Waals surface area contributed by atoms with Gasteiger partial charge in [-0.3, -0.25) is 4.79 Å². The molecule has 0 aromatic heterocycles. The molecule has 0 radical (unpaired) electrons. The number of hydrogen-bond donors (Lipinski definition) is 1. The molecular formula is C34H55NO5. The fraction of sp³-hybridized carbons (Fsp3) is 0.971. The van der Waals surface area contributed by atoms with Crippen LogP contribution in [0.2, 0.25) is 0 Å². The van der Waals surface area contributed by atoms with Crippen LogP contribution in [-0.2, 0) is 19.0 Å². The third-order valence-corrected chi connectivity index (χ3v) is 14.7. The Balaban J connectivity index is 0.00000276. The highest BCUT2D eigenvalue weighted by atomic mass is 16.7. The minimum atomic E-state index is -0.278. The molecule has 2 heterocycles. The van der Waals surface area contributed by atoms with E-state index in [4.69, 9.17) is 14.2 Å². The zero-order chi connectivity index (χ0) is 27.5. The summed E-state index contributed by atoms with van der Waals surface area (Å²) in [6.07, 6.45) is 16.4. The molecule has 2 saturated heterocycles. The molecule has 6 heteroatoms. The molecule has 2 aliphatic heterocycles. The first-order chi connectivity index (χ1) is 19.2. The summed E-state index contributed by atoms with van der Waals surface area (Å²) in [5, 5.41) is 9.78. The summed E-state index contributed by atoms with van der Waals surface area (Å²) in [7, 11) is 0. The Morgan fingerprint density at radius 3 is 2.60 bits per heavy atom. The van der Waals surface area contributed by atoms with E-state index in [2.05, 4.69) is 20.8 Å². The van der Waals surface area contributed by atoms with Crippen molar-refractivity contribution in [3.8, 4) is 0 Å². The predicted octanol–water partition coefficient (Wildman–Crippen LogP) is 5.80. The first-order valence-electron chi connectivity index (χ1n) is 17.0. The Bertz CT molecular complexity index is 1030. The van der Waals surface area contributed by atoms with Gasteiger partial charge < -0.3 is 24.2 Å². The van der Waals surface area contributed by atoms with Crippen LogP contribution < -0.4 is 0 Å².